The first-order valence-corrected chi connectivity index (χ1v) is 9.69. The van der Waals surface area contributed by atoms with Crippen LogP contribution in [0.3, 0.4) is 0 Å². The molecule has 1 aliphatic carbocycles. The van der Waals surface area contributed by atoms with Gasteiger partial charge in [-0.1, -0.05) is 54.1 Å². The van der Waals surface area contributed by atoms with Crippen LogP contribution in [0.4, 0.5) is 0 Å². The van der Waals surface area contributed by atoms with Crippen LogP contribution in [0.15, 0.2) is 48.5 Å². The second-order valence-electron chi connectivity index (χ2n) is 7.96. The molecule has 1 atom stereocenters. The zero-order valence-electron chi connectivity index (χ0n) is 15.4. The van der Waals surface area contributed by atoms with E-state index in [4.69, 9.17) is 0 Å². The monoisotopic (exact) mass is 349 g/mol. The van der Waals surface area contributed by atoms with E-state index < -0.39 is 5.60 Å². The molecule has 1 aliphatic heterocycles. The molecule has 4 rings (SSSR count). The summed E-state index contributed by atoms with van der Waals surface area (Å²) in [5.41, 5.74) is 3.61. The van der Waals surface area contributed by atoms with Crippen LogP contribution < -0.4 is 0 Å². The largest absolute Gasteiger partial charge is 0.385 e. The number of carbonyl (C=O) groups excluding carboxylic acids is 1. The van der Waals surface area contributed by atoms with Crippen molar-refractivity contribution in [1.29, 1.82) is 0 Å². The standard InChI is InChI=1S/C23H27NO2/c1-17-6-10-20(11-7-17)23(26)12-14-24(15-13-23)16-19-9-8-18-4-2-3-5-21(18)22(19)25/h2-7,10-11,19,26H,8-9,12-16H2,1H3. The van der Waals surface area contributed by atoms with Crippen molar-refractivity contribution < 1.29 is 9.90 Å². The van der Waals surface area contributed by atoms with Crippen molar-refractivity contribution >= 4 is 5.78 Å². The van der Waals surface area contributed by atoms with Gasteiger partial charge in [0.15, 0.2) is 5.78 Å². The number of likely N-dealkylation sites (tertiary alicyclic amines) is 1. The molecule has 2 aromatic carbocycles. The molecule has 2 aromatic rings. The fourth-order valence-electron chi connectivity index (χ4n) is 4.40. The molecular weight excluding hydrogens is 322 g/mol. The molecule has 136 valence electrons. The van der Waals surface area contributed by atoms with Crippen molar-refractivity contribution in [3.05, 3.63) is 70.8 Å². The first-order valence-electron chi connectivity index (χ1n) is 9.69. The summed E-state index contributed by atoms with van der Waals surface area (Å²) in [5, 5.41) is 11.0. The molecule has 0 saturated carbocycles. The average Bonchev–Trinajstić information content (AvgIpc) is 2.66. The number of benzene rings is 2. The van der Waals surface area contributed by atoms with Gasteiger partial charge in [-0.3, -0.25) is 4.79 Å². The molecule has 3 nitrogen and oxygen atoms in total. The smallest absolute Gasteiger partial charge is 0.167 e. The van der Waals surface area contributed by atoms with Crippen molar-refractivity contribution in [1.82, 2.24) is 4.90 Å². The molecule has 0 aromatic heterocycles. The molecule has 2 aliphatic rings. The van der Waals surface area contributed by atoms with Gasteiger partial charge in [-0.05, 0) is 43.7 Å². The van der Waals surface area contributed by atoms with E-state index in [2.05, 4.69) is 30.0 Å². The van der Waals surface area contributed by atoms with E-state index in [-0.39, 0.29) is 5.92 Å². The number of hydrogen-bond acceptors (Lipinski definition) is 3. The fraction of sp³-hybridized carbons (Fsp3) is 0.435. The molecule has 1 N–H and O–H groups in total. The van der Waals surface area contributed by atoms with E-state index in [1.165, 1.54) is 11.1 Å². The third kappa shape index (κ3) is 3.34. The average molecular weight is 349 g/mol. The van der Waals surface area contributed by atoms with Crippen LogP contribution in [0.25, 0.3) is 0 Å². The van der Waals surface area contributed by atoms with Crippen molar-refractivity contribution in [2.45, 2.75) is 38.2 Å². The van der Waals surface area contributed by atoms with E-state index >= 15 is 0 Å². The number of rotatable bonds is 3. The van der Waals surface area contributed by atoms with E-state index in [9.17, 15) is 9.90 Å². The number of ketones is 1. The van der Waals surface area contributed by atoms with Gasteiger partial charge in [0, 0.05) is 31.1 Å². The van der Waals surface area contributed by atoms with Crippen LogP contribution in [-0.2, 0) is 12.0 Å². The minimum atomic E-state index is -0.729. The van der Waals surface area contributed by atoms with Crippen molar-refractivity contribution in [2.75, 3.05) is 19.6 Å². The number of aryl methyl sites for hydroxylation is 2. The van der Waals surface area contributed by atoms with Crippen LogP contribution in [0.5, 0.6) is 0 Å². The normalized spacial score (nSPS) is 22.8. The number of carbonyl (C=O) groups is 1. The third-order valence-corrected chi connectivity index (χ3v) is 6.17. The quantitative estimate of drug-likeness (QED) is 0.918. The lowest BCUT2D eigenvalue weighted by Crippen LogP contribution is -2.45. The Bertz CT molecular complexity index is 788. The van der Waals surface area contributed by atoms with E-state index in [1.807, 2.05) is 30.3 Å². The highest BCUT2D eigenvalue weighted by Crippen LogP contribution is 2.34. The first-order chi connectivity index (χ1) is 12.5. The van der Waals surface area contributed by atoms with Gasteiger partial charge in [0.25, 0.3) is 0 Å². The zero-order valence-corrected chi connectivity index (χ0v) is 15.4. The Morgan fingerprint density at radius 2 is 1.77 bits per heavy atom. The Morgan fingerprint density at radius 3 is 2.50 bits per heavy atom. The first kappa shape index (κ1) is 17.4. The van der Waals surface area contributed by atoms with Crippen LogP contribution in [0, 0.1) is 12.8 Å². The van der Waals surface area contributed by atoms with Crippen LogP contribution in [0.1, 0.15) is 46.3 Å². The van der Waals surface area contributed by atoms with E-state index in [1.54, 1.807) is 0 Å². The Labute approximate surface area is 155 Å². The Hall–Kier alpha value is -1.97. The summed E-state index contributed by atoms with van der Waals surface area (Å²) >= 11 is 0. The summed E-state index contributed by atoms with van der Waals surface area (Å²) in [6, 6.07) is 16.3. The van der Waals surface area contributed by atoms with E-state index in [0.717, 1.165) is 56.4 Å². The minimum absolute atomic E-state index is 0.0930. The highest BCUT2D eigenvalue weighted by molar-refractivity contribution is 6.00. The molecule has 1 heterocycles. The van der Waals surface area contributed by atoms with E-state index in [0.29, 0.717) is 5.78 Å². The zero-order chi connectivity index (χ0) is 18.1. The Kier molecular flexibility index (Phi) is 4.68. The summed E-state index contributed by atoms with van der Waals surface area (Å²) < 4.78 is 0. The molecule has 1 saturated heterocycles. The molecule has 3 heteroatoms. The lowest BCUT2D eigenvalue weighted by Gasteiger charge is -2.40. The molecule has 26 heavy (non-hydrogen) atoms. The predicted molar refractivity (Wildman–Crippen MR) is 103 cm³/mol. The van der Waals surface area contributed by atoms with Gasteiger partial charge in [0.2, 0.25) is 0 Å². The highest BCUT2D eigenvalue weighted by Gasteiger charge is 2.36. The maximum absolute atomic E-state index is 12.8. The lowest BCUT2D eigenvalue weighted by atomic mass is 9.81. The maximum Gasteiger partial charge on any atom is 0.167 e. The number of nitrogens with zero attached hydrogens (tertiary/aromatic N) is 1. The molecule has 0 amide bonds. The molecule has 0 bridgehead atoms. The molecule has 1 unspecified atom stereocenters. The minimum Gasteiger partial charge on any atom is -0.385 e. The number of fused-ring (bicyclic) bond motifs is 1. The number of hydrogen-bond donors (Lipinski definition) is 1. The second kappa shape index (κ2) is 6.98. The van der Waals surface area contributed by atoms with Crippen LogP contribution >= 0.6 is 0 Å². The number of aliphatic hydroxyl groups is 1. The summed E-state index contributed by atoms with van der Waals surface area (Å²) in [6.07, 6.45) is 3.39. The predicted octanol–water partition coefficient (Wildman–Crippen LogP) is 3.72. The summed E-state index contributed by atoms with van der Waals surface area (Å²) in [4.78, 5) is 15.2. The summed E-state index contributed by atoms with van der Waals surface area (Å²) in [7, 11) is 0. The third-order valence-electron chi connectivity index (χ3n) is 6.17. The SMILES string of the molecule is Cc1ccc(C2(O)CCN(CC3CCc4ccccc4C3=O)CC2)cc1. The number of Topliss-reactive ketones (excluding diaryl/α,β-unsaturated/α-hetero) is 1. The second-order valence-corrected chi connectivity index (χ2v) is 7.96. The van der Waals surface area contributed by atoms with Gasteiger partial charge in [0.1, 0.15) is 0 Å². The summed E-state index contributed by atoms with van der Waals surface area (Å²) in [5.74, 6) is 0.390. The fourth-order valence-corrected chi connectivity index (χ4v) is 4.40. The van der Waals surface area contributed by atoms with Crippen molar-refractivity contribution in [3.8, 4) is 0 Å². The van der Waals surface area contributed by atoms with Crippen molar-refractivity contribution in [3.63, 3.8) is 0 Å². The highest BCUT2D eigenvalue weighted by atomic mass is 16.3. The van der Waals surface area contributed by atoms with Gasteiger partial charge in [-0.25, -0.2) is 0 Å². The van der Waals surface area contributed by atoms with Gasteiger partial charge in [-0.15, -0.1) is 0 Å². The Morgan fingerprint density at radius 1 is 1.08 bits per heavy atom. The summed E-state index contributed by atoms with van der Waals surface area (Å²) in [6.45, 7) is 4.57. The maximum atomic E-state index is 12.8. The topological polar surface area (TPSA) is 40.5 Å². The van der Waals surface area contributed by atoms with Gasteiger partial charge in [-0.2, -0.15) is 0 Å². The molecular formula is C23H27NO2. The van der Waals surface area contributed by atoms with Gasteiger partial charge >= 0.3 is 0 Å². The number of piperidine rings is 1. The van der Waals surface area contributed by atoms with Crippen LogP contribution in [-0.4, -0.2) is 35.4 Å². The van der Waals surface area contributed by atoms with Gasteiger partial charge in [0.05, 0.1) is 5.60 Å². The molecule has 0 radical (unpaired) electrons. The van der Waals surface area contributed by atoms with Crippen molar-refractivity contribution in [2.24, 2.45) is 5.92 Å². The Balaban J connectivity index is 1.39. The molecule has 0 spiro atoms. The lowest BCUT2D eigenvalue weighted by molar-refractivity contribution is -0.0283. The van der Waals surface area contributed by atoms with Crippen LogP contribution in [0.2, 0.25) is 0 Å². The molecule has 1 fully saturated rings. The van der Waals surface area contributed by atoms with Gasteiger partial charge < -0.3 is 10.0 Å².